The summed E-state index contributed by atoms with van der Waals surface area (Å²) in [6.45, 7) is 33.9. The number of rotatable bonds is 13. The molecule has 0 aromatic rings. The number of alkyl carbamates (subject to hydrolysis) is 1. The molecule has 0 aromatic carbocycles. The highest BCUT2D eigenvalue weighted by molar-refractivity contribution is 5.66. The molecular formula is C32H75NO3. The van der Waals surface area contributed by atoms with Gasteiger partial charge in [0.25, 0.3) is 0 Å². The van der Waals surface area contributed by atoms with Crippen LogP contribution >= 0.6 is 0 Å². The lowest BCUT2D eigenvalue weighted by Gasteiger charge is -2.13. The third-order valence-electron chi connectivity index (χ3n) is 4.85. The van der Waals surface area contributed by atoms with Crippen molar-refractivity contribution in [2.45, 2.75) is 168 Å². The molecule has 226 valence electrons. The van der Waals surface area contributed by atoms with E-state index in [1.54, 1.807) is 6.92 Å². The zero-order chi connectivity index (χ0) is 29.7. The van der Waals surface area contributed by atoms with Crippen LogP contribution in [-0.2, 0) is 9.47 Å². The third kappa shape index (κ3) is 50.2. The molecule has 1 saturated carbocycles. The molecule has 1 rings (SSSR count). The normalized spacial score (nSPS) is 11.3. The fourth-order valence-electron chi connectivity index (χ4n) is 2.71. The first-order chi connectivity index (χ1) is 17.4. The summed E-state index contributed by atoms with van der Waals surface area (Å²) in [4.78, 5) is 10.7. The summed E-state index contributed by atoms with van der Waals surface area (Å²) in [5.41, 5.74) is 0.630. The van der Waals surface area contributed by atoms with Gasteiger partial charge in [0, 0.05) is 13.2 Å². The summed E-state index contributed by atoms with van der Waals surface area (Å²) in [6, 6.07) is 0. The molecule has 1 aliphatic rings. The van der Waals surface area contributed by atoms with E-state index in [-0.39, 0.29) is 6.09 Å². The highest BCUT2D eigenvalue weighted by Crippen LogP contribution is 2.50. The van der Waals surface area contributed by atoms with Crippen molar-refractivity contribution in [3.63, 3.8) is 0 Å². The SMILES string of the molecule is CC.CC.CC.CC.CCCCC.CCCCCC1(COCC)CC1.CCOC(=O)NCCC(C)C. The molecular weight excluding hydrogens is 446 g/mol. The van der Waals surface area contributed by atoms with Crippen molar-refractivity contribution in [2.75, 3.05) is 26.4 Å². The quantitative estimate of drug-likeness (QED) is 0.245. The molecule has 0 atom stereocenters. The maximum atomic E-state index is 10.7. The van der Waals surface area contributed by atoms with Crippen LogP contribution in [0.2, 0.25) is 0 Å². The maximum absolute atomic E-state index is 10.7. The van der Waals surface area contributed by atoms with E-state index in [4.69, 9.17) is 4.74 Å². The second-order valence-corrected chi connectivity index (χ2v) is 8.28. The molecule has 1 N–H and O–H groups in total. The predicted molar refractivity (Wildman–Crippen MR) is 167 cm³/mol. The van der Waals surface area contributed by atoms with E-state index in [0.717, 1.165) is 19.6 Å². The monoisotopic (exact) mass is 522 g/mol. The zero-order valence-electron chi connectivity index (χ0n) is 28.2. The van der Waals surface area contributed by atoms with Crippen LogP contribution in [0, 0.1) is 11.3 Å². The van der Waals surface area contributed by atoms with E-state index in [0.29, 0.717) is 24.5 Å². The summed E-state index contributed by atoms with van der Waals surface area (Å²) >= 11 is 0. The second kappa shape index (κ2) is 47.4. The average molecular weight is 522 g/mol. The van der Waals surface area contributed by atoms with Gasteiger partial charge in [-0.25, -0.2) is 4.79 Å². The van der Waals surface area contributed by atoms with Crippen LogP contribution in [0.1, 0.15) is 168 Å². The number of carbonyl (C=O) groups is 1. The molecule has 0 aliphatic heterocycles. The topological polar surface area (TPSA) is 47.6 Å². The van der Waals surface area contributed by atoms with Crippen molar-refractivity contribution >= 4 is 6.09 Å². The number of amides is 1. The summed E-state index contributed by atoms with van der Waals surface area (Å²) < 4.78 is 10.2. The number of ether oxygens (including phenoxy) is 2. The van der Waals surface area contributed by atoms with Crippen molar-refractivity contribution in [2.24, 2.45) is 11.3 Å². The van der Waals surface area contributed by atoms with Gasteiger partial charge in [0.15, 0.2) is 0 Å². The standard InChI is InChI=1S/C11H22O.C8H17NO2.C5H12.4C2H6/c1-3-5-6-7-11(8-9-11)10-12-4-2;1-4-11-8(10)9-6-5-7(2)3;1-3-5-4-2;4*1-2/h3-10H2,1-2H3;7H,4-6H2,1-3H3,(H,9,10);3-5H2,1-2H3;4*1-2H3. The molecule has 1 fully saturated rings. The maximum Gasteiger partial charge on any atom is 0.407 e. The van der Waals surface area contributed by atoms with Crippen LogP contribution < -0.4 is 5.32 Å². The predicted octanol–water partition coefficient (Wildman–Crippen LogP) is 11.5. The average Bonchev–Trinajstić information content (AvgIpc) is 3.69. The van der Waals surface area contributed by atoms with Gasteiger partial charge in [0.1, 0.15) is 0 Å². The van der Waals surface area contributed by atoms with Crippen LogP contribution in [-0.4, -0.2) is 32.5 Å². The Morgan fingerprint density at radius 2 is 1.22 bits per heavy atom. The number of hydrogen-bond acceptors (Lipinski definition) is 3. The number of hydrogen-bond donors (Lipinski definition) is 1. The van der Waals surface area contributed by atoms with Crippen LogP contribution in [0.15, 0.2) is 0 Å². The molecule has 0 unspecified atom stereocenters. The Labute approximate surface area is 231 Å². The first kappa shape index (κ1) is 48.3. The summed E-state index contributed by atoms with van der Waals surface area (Å²) in [5, 5.41) is 2.65. The lowest BCUT2D eigenvalue weighted by atomic mass is 9.99. The van der Waals surface area contributed by atoms with Gasteiger partial charge in [-0.3, -0.25) is 0 Å². The summed E-state index contributed by atoms with van der Waals surface area (Å²) in [7, 11) is 0. The molecule has 0 saturated heterocycles. The van der Waals surface area contributed by atoms with E-state index >= 15 is 0 Å². The Balaban J connectivity index is -0.0000000860. The Morgan fingerprint density at radius 1 is 0.750 bits per heavy atom. The Hall–Kier alpha value is -0.770. The lowest BCUT2D eigenvalue weighted by Crippen LogP contribution is -2.25. The molecule has 0 aromatic heterocycles. The fraction of sp³-hybridized carbons (Fsp3) is 0.969. The van der Waals surface area contributed by atoms with Crippen molar-refractivity contribution in [1.29, 1.82) is 0 Å². The van der Waals surface area contributed by atoms with Crippen LogP contribution in [0.25, 0.3) is 0 Å². The van der Waals surface area contributed by atoms with Crippen LogP contribution in [0.4, 0.5) is 4.79 Å². The van der Waals surface area contributed by atoms with E-state index < -0.39 is 0 Å². The minimum atomic E-state index is -0.312. The van der Waals surface area contributed by atoms with E-state index in [9.17, 15) is 4.79 Å². The molecule has 1 amide bonds. The molecule has 0 heterocycles. The van der Waals surface area contributed by atoms with Gasteiger partial charge in [-0.1, -0.05) is 129 Å². The molecule has 0 bridgehead atoms. The number of nitrogens with one attached hydrogen (secondary N) is 1. The number of carbonyl (C=O) groups excluding carboxylic acids is 1. The zero-order valence-corrected chi connectivity index (χ0v) is 28.2. The van der Waals surface area contributed by atoms with Gasteiger partial charge in [-0.2, -0.15) is 0 Å². The summed E-state index contributed by atoms with van der Waals surface area (Å²) in [5.74, 6) is 0.622. The highest BCUT2D eigenvalue weighted by Gasteiger charge is 2.41. The number of unbranched alkanes of at least 4 members (excludes halogenated alkanes) is 4. The van der Waals surface area contributed by atoms with Gasteiger partial charge in [0.05, 0.1) is 13.2 Å². The van der Waals surface area contributed by atoms with Gasteiger partial charge >= 0.3 is 6.09 Å². The molecule has 0 radical (unpaired) electrons. The Morgan fingerprint density at radius 3 is 1.53 bits per heavy atom. The minimum Gasteiger partial charge on any atom is -0.450 e. The molecule has 4 heteroatoms. The highest BCUT2D eigenvalue weighted by atomic mass is 16.5. The molecule has 1 aliphatic carbocycles. The third-order valence-corrected chi connectivity index (χ3v) is 4.85. The molecule has 4 nitrogen and oxygen atoms in total. The van der Waals surface area contributed by atoms with Crippen molar-refractivity contribution in [3.8, 4) is 0 Å². The first-order valence-corrected chi connectivity index (χ1v) is 15.9. The fourth-order valence-corrected chi connectivity index (χ4v) is 2.71. The van der Waals surface area contributed by atoms with Gasteiger partial charge in [-0.05, 0) is 50.9 Å². The second-order valence-electron chi connectivity index (χ2n) is 8.28. The molecule has 36 heavy (non-hydrogen) atoms. The Kier molecular flexibility index (Phi) is 63.7. The summed E-state index contributed by atoms with van der Waals surface area (Å²) in [6.07, 6.45) is 13.1. The van der Waals surface area contributed by atoms with Gasteiger partial charge < -0.3 is 14.8 Å². The van der Waals surface area contributed by atoms with Crippen LogP contribution in [0.5, 0.6) is 0 Å². The minimum absolute atomic E-state index is 0.312. The van der Waals surface area contributed by atoms with Crippen molar-refractivity contribution in [1.82, 2.24) is 5.32 Å². The van der Waals surface area contributed by atoms with E-state index in [2.05, 4.69) is 51.6 Å². The molecule has 0 spiro atoms. The van der Waals surface area contributed by atoms with Crippen LogP contribution in [0.3, 0.4) is 0 Å². The first-order valence-electron chi connectivity index (χ1n) is 15.9. The van der Waals surface area contributed by atoms with Gasteiger partial charge in [-0.15, -0.1) is 0 Å². The largest absolute Gasteiger partial charge is 0.450 e. The van der Waals surface area contributed by atoms with Crippen molar-refractivity contribution < 1.29 is 14.3 Å². The van der Waals surface area contributed by atoms with Crippen molar-refractivity contribution in [3.05, 3.63) is 0 Å². The van der Waals surface area contributed by atoms with Gasteiger partial charge in [0.2, 0.25) is 0 Å². The van der Waals surface area contributed by atoms with E-state index in [1.807, 2.05) is 55.4 Å². The van der Waals surface area contributed by atoms with E-state index in [1.165, 1.54) is 57.8 Å². The Bertz CT molecular complexity index is 327. The smallest absolute Gasteiger partial charge is 0.407 e. The lowest BCUT2D eigenvalue weighted by molar-refractivity contribution is 0.0956.